The Hall–Kier alpha value is 7.27. The molecule has 0 radical (unpaired) electrons. The Morgan fingerprint density at radius 3 is 0.267 bits per heavy atom. The van der Waals surface area contributed by atoms with E-state index < -0.39 is 0 Å². The van der Waals surface area contributed by atoms with Gasteiger partial charge in [-0.1, -0.05) is 0 Å². The summed E-state index contributed by atoms with van der Waals surface area (Å²) in [5, 5.41) is 0. The summed E-state index contributed by atoms with van der Waals surface area (Å²) < 4.78 is 0. The maximum absolute atomic E-state index is 0. The minimum atomic E-state index is 0. The zero-order chi connectivity index (χ0) is 0. The Labute approximate surface area is 242 Å². The molecule has 0 saturated carbocycles. The first-order valence-corrected chi connectivity index (χ1v) is 0. The Bertz CT molecular complexity index is 24.1. The van der Waals surface area contributed by atoms with E-state index in [4.69, 9.17) is 0 Å². The summed E-state index contributed by atoms with van der Waals surface area (Å²) in [5.41, 5.74) is 0. The van der Waals surface area contributed by atoms with Gasteiger partial charge in [-0.05, 0) is 0 Å². The molecule has 72 valence electrons. The van der Waals surface area contributed by atoms with Crippen molar-refractivity contribution in [2.45, 2.75) is 0 Å². The Morgan fingerprint density at radius 2 is 0.267 bits per heavy atom. The molecule has 0 bridgehead atoms. The van der Waals surface area contributed by atoms with Crippen LogP contribution in [-0.4, -0.2) is 87.4 Å². The number of hydrogen-bond acceptors (Lipinski definition) is 0. The quantitative estimate of drug-likeness (QED) is 0.261. The third kappa shape index (κ3) is 149. The van der Waals surface area contributed by atoms with Crippen molar-refractivity contribution in [1.82, 2.24) is 0 Å². The van der Waals surface area contributed by atoms with Crippen molar-refractivity contribution in [2.75, 3.05) is 0 Å². The second-order valence-corrected chi connectivity index (χ2v) is 0. The van der Waals surface area contributed by atoms with Crippen LogP contribution in [0.5, 0.6) is 0 Å². The van der Waals surface area contributed by atoms with Crippen molar-refractivity contribution < 1.29 is 39.0 Å². The van der Waals surface area contributed by atoms with Crippen LogP contribution in [-0.2, 0) is 160 Å². The van der Waals surface area contributed by atoms with Crippen LogP contribution >= 0.6 is 0 Å². The van der Waals surface area contributed by atoms with Crippen molar-refractivity contribution >= 4 is 209 Å². The van der Waals surface area contributed by atoms with Gasteiger partial charge in [0, 0.05) is 0 Å². The summed E-state index contributed by atoms with van der Waals surface area (Å²) in [7, 11) is 0. The second-order valence-electron chi connectivity index (χ2n) is 0. The van der Waals surface area contributed by atoms with E-state index in [0.717, 1.165) is 0 Å². The smallest absolute Gasteiger partial charge is 2.00 e. The maximum Gasteiger partial charge on any atom is 4.00 e. The van der Waals surface area contributed by atoms with Crippen molar-refractivity contribution in [2.24, 2.45) is 0 Å². The third-order valence-corrected chi connectivity index (χ3v) is 0. The van der Waals surface area contributed by atoms with Gasteiger partial charge in [0.25, 0.3) is 0 Å². The molecule has 0 amide bonds. The summed E-state index contributed by atoms with van der Waals surface area (Å²) >= 11 is 0. The molecule has 0 nitrogen and oxygen atoms in total. The average Bonchev–Trinajstić information content (AvgIpc) is 0. The van der Waals surface area contributed by atoms with E-state index in [2.05, 4.69) is 0 Å². The molecule has 0 aliphatic heterocycles. The van der Waals surface area contributed by atoms with Gasteiger partial charge in [0.1, 0.15) is 0 Å². The SMILES string of the molecule is [Ga+3].[Ga+3].[S-2].[S-2].[S-2].[S-2].[S-2].[S-2].[S-2].[S-2].[S-2].[Sn+4].[Sn+4].[Zn+2].[Zn+2]. The zero-order valence-corrected chi connectivity index (χ0v) is 31.1. The van der Waals surface area contributed by atoms with Gasteiger partial charge in [-0.3, -0.25) is 0 Å². The molecule has 0 heterocycles. The Balaban J connectivity index is 0. The monoisotopic (exact) mass is 793 g/mol. The minimum Gasteiger partial charge on any atom is -2.00 e. The molecule has 0 aliphatic carbocycles. The van der Waals surface area contributed by atoms with Crippen LogP contribution in [0.15, 0.2) is 0 Å². The topological polar surface area (TPSA) is 0 Å². The molecule has 15 heavy (non-hydrogen) atoms. The van der Waals surface area contributed by atoms with Crippen LogP contribution in [0.2, 0.25) is 0 Å². The first kappa shape index (κ1) is 191. The van der Waals surface area contributed by atoms with Crippen LogP contribution in [0.1, 0.15) is 0 Å². The van der Waals surface area contributed by atoms with Crippen molar-refractivity contribution in [3.63, 3.8) is 0 Å². The summed E-state index contributed by atoms with van der Waals surface area (Å²) in [4.78, 5) is 0. The summed E-state index contributed by atoms with van der Waals surface area (Å²) in [6.45, 7) is 0. The van der Waals surface area contributed by atoms with E-state index in [9.17, 15) is 0 Å². The predicted octanol–water partition coefficient (Wildman–Crippen LogP) is -1.55. The molecule has 0 rings (SSSR count). The molecule has 0 saturated heterocycles. The van der Waals surface area contributed by atoms with Gasteiger partial charge in [0.05, 0.1) is 0 Å². The fourth-order valence-electron chi connectivity index (χ4n) is 0. The molecule has 0 aromatic heterocycles. The van der Waals surface area contributed by atoms with E-state index in [0.29, 0.717) is 0 Å². The van der Waals surface area contributed by atoms with Gasteiger partial charge >= 0.3 is 126 Å². The van der Waals surface area contributed by atoms with Gasteiger partial charge in [-0.25, -0.2) is 0 Å². The third-order valence-electron chi connectivity index (χ3n) is 0. The van der Waals surface area contributed by atoms with Crippen LogP contribution < -0.4 is 0 Å². The van der Waals surface area contributed by atoms with Gasteiger partial charge in [-0.2, -0.15) is 0 Å². The fourth-order valence-corrected chi connectivity index (χ4v) is 0. The fraction of sp³-hybridized carbons (Fsp3) is 0. The number of hydrogen-bond donors (Lipinski definition) is 0. The largest absolute Gasteiger partial charge is 4.00 e. The minimum absolute atomic E-state index is 0. The molecule has 0 unspecified atom stereocenters. The standard InChI is InChI=1S/2Ga.9S.2Sn.2Zn/q2*+3;9*-2;2*+4;2*+2. The first-order chi connectivity index (χ1) is 0. The van der Waals surface area contributed by atoms with E-state index in [1.165, 1.54) is 0 Å². The summed E-state index contributed by atoms with van der Waals surface area (Å²) in [5.74, 6) is 0. The van der Waals surface area contributed by atoms with Gasteiger partial charge in [-0.15, -0.1) is 0 Å². The van der Waals surface area contributed by atoms with E-state index in [1.54, 1.807) is 0 Å². The summed E-state index contributed by atoms with van der Waals surface area (Å²) in [6.07, 6.45) is 0. The van der Waals surface area contributed by atoms with E-state index in [1.807, 2.05) is 0 Å². The molecule has 0 atom stereocenters. The van der Waals surface area contributed by atoms with Crippen molar-refractivity contribution in [1.29, 1.82) is 0 Å². The summed E-state index contributed by atoms with van der Waals surface area (Å²) in [6, 6.07) is 0. The Morgan fingerprint density at radius 1 is 0.267 bits per heavy atom. The van der Waals surface area contributed by atoms with Crippen LogP contribution in [0.3, 0.4) is 0 Å². The molecule has 15 heteroatoms. The molecular weight excluding hydrogens is 796 g/mol. The molecule has 0 aliphatic rings. The van der Waals surface area contributed by atoms with Crippen molar-refractivity contribution in [3.05, 3.63) is 0 Å². The molecule has 0 N–H and O–H groups in total. The van der Waals surface area contributed by atoms with Gasteiger partial charge in [0.15, 0.2) is 0 Å². The molecule has 0 aromatic rings. The molecule has 0 fully saturated rings. The molecular formula is Ga2S9Sn2Zn2. The van der Waals surface area contributed by atoms with Gasteiger partial charge < -0.3 is 121 Å². The van der Waals surface area contributed by atoms with Gasteiger partial charge in [0.2, 0.25) is 0 Å². The number of rotatable bonds is 0. The van der Waals surface area contributed by atoms with Crippen LogP contribution in [0.25, 0.3) is 0 Å². The molecule has 0 aromatic carbocycles. The normalized spacial score (nSPS) is 0. The first-order valence-electron chi connectivity index (χ1n) is 0. The van der Waals surface area contributed by atoms with Crippen LogP contribution in [0.4, 0.5) is 0 Å². The second kappa shape index (κ2) is 165. The van der Waals surface area contributed by atoms with Crippen molar-refractivity contribution in [3.8, 4) is 0 Å². The predicted molar refractivity (Wildman–Crippen MR) is 89.3 cm³/mol. The zero-order valence-electron chi connectivity index (χ0n) is 7.24. The maximum atomic E-state index is 0. The Kier molecular flexibility index (Phi) is 2100. The van der Waals surface area contributed by atoms with Crippen LogP contribution in [0, 0.1) is 0 Å². The molecule has 0 spiro atoms. The average molecular weight is 796 g/mol. The van der Waals surface area contributed by atoms with E-state index >= 15 is 0 Å². The van der Waals surface area contributed by atoms with E-state index in [-0.39, 0.29) is 248 Å².